The maximum atomic E-state index is 12.0. The summed E-state index contributed by atoms with van der Waals surface area (Å²) < 4.78 is 9.89. The van der Waals surface area contributed by atoms with Crippen molar-refractivity contribution in [2.45, 2.75) is 85.4 Å². The number of rotatable bonds is 9. The molecule has 128 valence electrons. The Hall–Kier alpha value is -1.39. The van der Waals surface area contributed by atoms with Crippen molar-refractivity contribution in [3.05, 3.63) is 0 Å². The van der Waals surface area contributed by atoms with Gasteiger partial charge in [-0.2, -0.15) is 0 Å². The average molecular weight is 314 g/mol. The van der Waals surface area contributed by atoms with E-state index in [1.807, 2.05) is 0 Å². The Bertz CT molecular complexity index is 367. The van der Waals surface area contributed by atoms with E-state index >= 15 is 0 Å². The first kappa shape index (κ1) is 20.6. The second kappa shape index (κ2) is 9.59. The zero-order valence-electron chi connectivity index (χ0n) is 13.3. The Kier molecular flexibility index (Phi) is 8.99. The van der Waals surface area contributed by atoms with Crippen LogP contribution < -0.4 is 0 Å². The molecule has 0 unspecified atom stereocenters. The first-order valence-corrected chi connectivity index (χ1v) is 7.86. The van der Waals surface area contributed by atoms with Crippen molar-refractivity contribution in [2.24, 2.45) is 5.92 Å². The topological polar surface area (TPSA) is 69.7 Å². The number of cyclic esters (lactones) is 2. The van der Waals surface area contributed by atoms with Gasteiger partial charge in [0.25, 0.3) is 5.79 Å². The number of hydrogen-bond acceptors (Lipinski definition) is 5. The molecule has 0 spiro atoms. The van der Waals surface area contributed by atoms with E-state index in [9.17, 15) is 14.4 Å². The van der Waals surface area contributed by atoms with Gasteiger partial charge in [0.2, 0.25) is 5.92 Å². The number of ketones is 1. The highest BCUT2D eigenvalue weighted by Gasteiger charge is 2.46. The summed E-state index contributed by atoms with van der Waals surface area (Å²) in [6, 6.07) is 0. The Balaban J connectivity index is 0.00000441. The maximum absolute atomic E-state index is 12.0. The zero-order valence-corrected chi connectivity index (χ0v) is 13.3. The molecule has 1 saturated heterocycles. The van der Waals surface area contributed by atoms with Crippen LogP contribution in [0.4, 0.5) is 0 Å². The Labute approximate surface area is 133 Å². The molecule has 0 saturated carbocycles. The molecule has 5 heteroatoms. The molecule has 0 bridgehead atoms. The van der Waals surface area contributed by atoms with Crippen LogP contribution in [0.3, 0.4) is 0 Å². The Morgan fingerprint density at radius 2 is 1.41 bits per heavy atom. The van der Waals surface area contributed by atoms with E-state index in [0.29, 0.717) is 6.42 Å². The summed E-state index contributed by atoms with van der Waals surface area (Å²) in [7, 11) is 0. The van der Waals surface area contributed by atoms with Crippen LogP contribution in [0.1, 0.15) is 79.6 Å². The van der Waals surface area contributed by atoms with Crippen LogP contribution >= 0.6 is 0 Å². The summed E-state index contributed by atoms with van der Waals surface area (Å²) in [4.78, 5) is 35.4. The lowest BCUT2D eigenvalue weighted by molar-refractivity contribution is -0.238. The number of hydrogen-bond donors (Lipinski definition) is 0. The van der Waals surface area contributed by atoms with E-state index in [4.69, 9.17) is 9.47 Å². The van der Waals surface area contributed by atoms with E-state index in [0.717, 1.165) is 12.8 Å². The van der Waals surface area contributed by atoms with Crippen molar-refractivity contribution in [1.29, 1.82) is 0 Å². The first-order valence-electron chi connectivity index (χ1n) is 7.86. The third-order valence-corrected chi connectivity index (χ3v) is 3.51. The average Bonchev–Trinajstić information content (AvgIpc) is 2.35. The number of ether oxygens (including phenoxy) is 2. The number of unbranched alkanes of at least 4 members (excludes halogenated alkanes) is 6. The number of carbonyl (C=O) groups excluding carboxylic acids is 3. The molecule has 22 heavy (non-hydrogen) atoms. The van der Waals surface area contributed by atoms with E-state index in [1.165, 1.54) is 39.5 Å². The van der Waals surface area contributed by atoms with E-state index in [-0.39, 0.29) is 13.8 Å². The van der Waals surface area contributed by atoms with E-state index in [1.54, 1.807) is 0 Å². The molecule has 0 aromatic rings. The second-order valence-corrected chi connectivity index (χ2v) is 6.01. The van der Waals surface area contributed by atoms with Crippen molar-refractivity contribution < 1.29 is 23.9 Å². The van der Waals surface area contributed by atoms with Gasteiger partial charge in [-0.15, -0.1) is 0 Å². The maximum Gasteiger partial charge on any atom is 0.331 e. The van der Waals surface area contributed by atoms with Crippen LogP contribution in [0.2, 0.25) is 0 Å². The SMILES string of the molecule is C.CCCCCCCCCC(=O)C1C(=O)OC(C)(C)OC1=O. The fraction of sp³-hybridized carbons (Fsp3) is 0.824. The summed E-state index contributed by atoms with van der Waals surface area (Å²) >= 11 is 0. The van der Waals surface area contributed by atoms with Crippen molar-refractivity contribution in [2.75, 3.05) is 0 Å². The molecule has 0 atom stereocenters. The molecule has 1 aliphatic rings. The van der Waals surface area contributed by atoms with Crippen LogP contribution in [0.5, 0.6) is 0 Å². The summed E-state index contributed by atoms with van der Waals surface area (Å²) in [6.07, 6.45) is 7.80. The van der Waals surface area contributed by atoms with Crippen LogP contribution in [-0.4, -0.2) is 23.5 Å². The first-order chi connectivity index (χ1) is 9.87. The molecular weight excluding hydrogens is 284 g/mol. The number of Topliss-reactive ketones (excluding diaryl/α,β-unsaturated/α-hetero) is 1. The van der Waals surface area contributed by atoms with Gasteiger partial charge in [0.15, 0.2) is 5.78 Å². The van der Waals surface area contributed by atoms with Crippen molar-refractivity contribution >= 4 is 17.7 Å². The Morgan fingerprint density at radius 1 is 0.955 bits per heavy atom. The van der Waals surface area contributed by atoms with Crippen LogP contribution in [0, 0.1) is 5.92 Å². The molecule has 1 fully saturated rings. The van der Waals surface area contributed by atoms with Gasteiger partial charge in [0.1, 0.15) is 0 Å². The molecule has 5 nitrogen and oxygen atoms in total. The van der Waals surface area contributed by atoms with E-state index < -0.39 is 29.4 Å². The molecule has 0 aromatic carbocycles. The lowest BCUT2D eigenvalue weighted by Gasteiger charge is -2.32. The highest BCUT2D eigenvalue weighted by molar-refractivity contribution is 6.15. The van der Waals surface area contributed by atoms with Gasteiger partial charge >= 0.3 is 11.9 Å². The van der Waals surface area contributed by atoms with Crippen LogP contribution in [-0.2, 0) is 23.9 Å². The molecule has 0 aromatic heterocycles. The fourth-order valence-corrected chi connectivity index (χ4v) is 2.38. The van der Waals surface area contributed by atoms with Gasteiger partial charge in [-0.05, 0) is 6.42 Å². The minimum atomic E-state index is -1.39. The fourth-order valence-electron chi connectivity index (χ4n) is 2.38. The lowest BCUT2D eigenvalue weighted by atomic mass is 9.97. The second-order valence-electron chi connectivity index (χ2n) is 6.01. The van der Waals surface area contributed by atoms with Gasteiger partial charge in [0, 0.05) is 20.3 Å². The highest BCUT2D eigenvalue weighted by atomic mass is 16.7. The molecular formula is C17H30O5. The predicted octanol–water partition coefficient (Wildman–Crippen LogP) is 3.78. The molecule has 0 radical (unpaired) electrons. The molecule has 1 rings (SSSR count). The smallest absolute Gasteiger partial charge is 0.331 e. The molecule has 1 heterocycles. The lowest BCUT2D eigenvalue weighted by Crippen LogP contribution is -2.49. The Morgan fingerprint density at radius 3 is 1.91 bits per heavy atom. The standard InChI is InChI=1S/C16H26O5.CH4/c1-4-5-6-7-8-9-10-11-12(17)13-14(18)20-16(2,3)21-15(13)19;/h13H,4-11H2,1-3H3;1H4. The molecule has 1 aliphatic heterocycles. The quantitative estimate of drug-likeness (QED) is 0.368. The van der Waals surface area contributed by atoms with Crippen LogP contribution in [0.15, 0.2) is 0 Å². The predicted molar refractivity (Wildman–Crippen MR) is 84.1 cm³/mol. The van der Waals surface area contributed by atoms with Crippen molar-refractivity contribution in [1.82, 2.24) is 0 Å². The third-order valence-electron chi connectivity index (χ3n) is 3.51. The zero-order chi connectivity index (χ0) is 15.9. The largest absolute Gasteiger partial charge is 0.422 e. The van der Waals surface area contributed by atoms with Gasteiger partial charge in [-0.25, -0.2) is 0 Å². The third kappa shape index (κ3) is 6.58. The summed E-state index contributed by atoms with van der Waals surface area (Å²) in [5, 5.41) is 0. The minimum absolute atomic E-state index is 0. The highest BCUT2D eigenvalue weighted by Crippen LogP contribution is 2.24. The minimum Gasteiger partial charge on any atom is -0.422 e. The summed E-state index contributed by atoms with van der Waals surface area (Å²) in [6.45, 7) is 5.11. The van der Waals surface area contributed by atoms with Gasteiger partial charge in [-0.3, -0.25) is 14.4 Å². The van der Waals surface area contributed by atoms with Gasteiger partial charge in [-0.1, -0.05) is 52.9 Å². The number of carbonyl (C=O) groups is 3. The van der Waals surface area contributed by atoms with Crippen molar-refractivity contribution in [3.8, 4) is 0 Å². The van der Waals surface area contributed by atoms with Crippen molar-refractivity contribution in [3.63, 3.8) is 0 Å². The monoisotopic (exact) mass is 314 g/mol. The van der Waals surface area contributed by atoms with E-state index in [2.05, 4.69) is 6.92 Å². The number of esters is 2. The van der Waals surface area contributed by atoms with Gasteiger partial charge in [0.05, 0.1) is 0 Å². The summed E-state index contributed by atoms with van der Waals surface area (Å²) in [5.74, 6) is -4.63. The van der Waals surface area contributed by atoms with Gasteiger partial charge < -0.3 is 9.47 Å². The normalized spacial score (nSPS) is 17.4. The molecule has 0 N–H and O–H groups in total. The van der Waals surface area contributed by atoms with Crippen LogP contribution in [0.25, 0.3) is 0 Å². The molecule has 0 aliphatic carbocycles. The summed E-state index contributed by atoms with van der Waals surface area (Å²) in [5.41, 5.74) is 0. The molecule has 0 amide bonds.